The number of nitrogens with zero attached hydrogens (tertiary/aromatic N) is 1. The van der Waals surface area contributed by atoms with Crippen molar-refractivity contribution in [2.24, 2.45) is 0 Å². The smallest absolute Gasteiger partial charge is 0.336 e. The summed E-state index contributed by atoms with van der Waals surface area (Å²) in [5.74, 6) is 0. The number of halogens is 2. The fourth-order valence-corrected chi connectivity index (χ4v) is 3.58. The Morgan fingerprint density at radius 3 is 2.56 bits per heavy atom. The van der Waals surface area contributed by atoms with Gasteiger partial charge in [-0.1, -0.05) is 41.4 Å². The van der Waals surface area contributed by atoms with Gasteiger partial charge in [-0.15, -0.1) is 0 Å². The first-order valence-corrected chi connectivity index (χ1v) is 9.47. The molecule has 1 heterocycles. The van der Waals surface area contributed by atoms with Crippen LogP contribution in [0.3, 0.4) is 0 Å². The number of aryl methyl sites for hydroxylation is 1. The first-order chi connectivity index (χ1) is 12.9. The second-order valence-electron chi connectivity index (χ2n) is 6.82. The van der Waals surface area contributed by atoms with E-state index in [4.69, 9.17) is 27.6 Å². The van der Waals surface area contributed by atoms with Gasteiger partial charge in [-0.25, -0.2) is 4.79 Å². The highest BCUT2D eigenvalue weighted by atomic mass is 35.5. The number of hydrogen-bond acceptors (Lipinski definition) is 4. The average Bonchev–Trinajstić information content (AvgIpc) is 2.61. The topological polar surface area (TPSA) is 45.5 Å². The zero-order valence-corrected chi connectivity index (χ0v) is 17.1. The summed E-state index contributed by atoms with van der Waals surface area (Å²) < 4.78 is 5.32. The molecule has 1 atom stereocenters. The summed E-state index contributed by atoms with van der Waals surface area (Å²) in [7, 11) is 4.04. The molecule has 0 saturated carbocycles. The van der Waals surface area contributed by atoms with E-state index in [0.717, 1.165) is 27.1 Å². The maximum absolute atomic E-state index is 11.9. The van der Waals surface area contributed by atoms with E-state index in [9.17, 15) is 4.79 Å². The molecule has 0 unspecified atom stereocenters. The van der Waals surface area contributed by atoms with Crippen molar-refractivity contribution >= 4 is 34.2 Å². The Morgan fingerprint density at radius 1 is 1.11 bits per heavy atom. The first-order valence-electron chi connectivity index (χ1n) is 8.71. The highest BCUT2D eigenvalue weighted by Crippen LogP contribution is 2.27. The van der Waals surface area contributed by atoms with Crippen molar-refractivity contribution in [2.45, 2.75) is 19.5 Å². The Morgan fingerprint density at radius 2 is 1.85 bits per heavy atom. The van der Waals surface area contributed by atoms with Crippen LogP contribution < -0.4 is 10.9 Å². The van der Waals surface area contributed by atoms with Crippen LogP contribution in [0.1, 0.15) is 22.7 Å². The quantitative estimate of drug-likeness (QED) is 0.599. The summed E-state index contributed by atoms with van der Waals surface area (Å²) in [4.78, 5) is 14.0. The molecule has 4 nitrogen and oxygen atoms in total. The molecule has 2 aromatic carbocycles. The molecule has 1 N–H and O–H groups in total. The van der Waals surface area contributed by atoms with Crippen LogP contribution in [-0.4, -0.2) is 25.5 Å². The predicted molar refractivity (Wildman–Crippen MR) is 112 cm³/mol. The first kappa shape index (κ1) is 19.9. The van der Waals surface area contributed by atoms with Crippen molar-refractivity contribution < 1.29 is 4.42 Å². The zero-order valence-electron chi connectivity index (χ0n) is 15.6. The summed E-state index contributed by atoms with van der Waals surface area (Å²) in [6.07, 6.45) is 0. The van der Waals surface area contributed by atoms with E-state index < -0.39 is 0 Å². The largest absolute Gasteiger partial charge is 0.423 e. The van der Waals surface area contributed by atoms with Crippen LogP contribution in [0.15, 0.2) is 51.7 Å². The number of likely N-dealkylation sites (N-methyl/N-ethyl adjacent to an activating group) is 1. The molecule has 1 aromatic heterocycles. The van der Waals surface area contributed by atoms with Crippen molar-refractivity contribution in [1.82, 2.24) is 10.2 Å². The minimum atomic E-state index is -0.365. The Kier molecular flexibility index (Phi) is 6.22. The normalized spacial score (nSPS) is 12.7. The molecule has 0 bridgehead atoms. The van der Waals surface area contributed by atoms with Crippen LogP contribution in [0.4, 0.5) is 0 Å². The number of rotatable bonds is 6. The maximum atomic E-state index is 11.9. The van der Waals surface area contributed by atoms with Crippen LogP contribution in [-0.2, 0) is 6.54 Å². The van der Waals surface area contributed by atoms with Crippen molar-refractivity contribution in [3.05, 3.63) is 79.6 Å². The Balaban J connectivity index is 1.83. The zero-order chi connectivity index (χ0) is 19.6. The molecule has 0 aliphatic heterocycles. The molecule has 0 radical (unpaired) electrons. The lowest BCUT2D eigenvalue weighted by atomic mass is 10.1. The van der Waals surface area contributed by atoms with E-state index in [1.54, 1.807) is 6.07 Å². The fraction of sp³-hybridized carbons (Fsp3) is 0.286. The lowest BCUT2D eigenvalue weighted by molar-refractivity contribution is 0.288. The summed E-state index contributed by atoms with van der Waals surface area (Å²) in [5, 5.41) is 5.68. The highest BCUT2D eigenvalue weighted by molar-refractivity contribution is 6.32. The molecule has 27 heavy (non-hydrogen) atoms. The van der Waals surface area contributed by atoms with Gasteiger partial charge in [0.05, 0.1) is 0 Å². The van der Waals surface area contributed by atoms with Crippen molar-refractivity contribution in [3.63, 3.8) is 0 Å². The van der Waals surface area contributed by atoms with Crippen LogP contribution in [0.5, 0.6) is 0 Å². The minimum Gasteiger partial charge on any atom is -0.423 e. The van der Waals surface area contributed by atoms with E-state index in [1.807, 2.05) is 51.4 Å². The van der Waals surface area contributed by atoms with Gasteiger partial charge in [0.15, 0.2) is 0 Å². The third kappa shape index (κ3) is 4.53. The van der Waals surface area contributed by atoms with E-state index in [-0.39, 0.29) is 11.7 Å². The van der Waals surface area contributed by atoms with Crippen molar-refractivity contribution in [2.75, 3.05) is 20.6 Å². The molecule has 0 spiro atoms. The van der Waals surface area contributed by atoms with Gasteiger partial charge >= 0.3 is 5.63 Å². The van der Waals surface area contributed by atoms with E-state index >= 15 is 0 Å². The monoisotopic (exact) mass is 404 g/mol. The molecule has 0 aliphatic carbocycles. The van der Waals surface area contributed by atoms with Gasteiger partial charge in [0.2, 0.25) is 0 Å². The molecule has 0 fully saturated rings. The van der Waals surface area contributed by atoms with Gasteiger partial charge in [0, 0.05) is 40.6 Å². The van der Waals surface area contributed by atoms with Gasteiger partial charge in [-0.3, -0.25) is 0 Å². The average molecular weight is 405 g/mol. The Bertz CT molecular complexity index is 1010. The summed E-state index contributed by atoms with van der Waals surface area (Å²) in [6.45, 7) is 3.09. The van der Waals surface area contributed by atoms with Crippen LogP contribution in [0.2, 0.25) is 10.0 Å². The number of hydrogen-bond donors (Lipinski definition) is 1. The van der Waals surface area contributed by atoms with Crippen molar-refractivity contribution in [1.29, 1.82) is 0 Å². The standard InChI is InChI=1S/C21H22Cl2N2O2/c1-13-8-20-16(10-18(13)23)14(9-21(26)27-20)11-24-12-19(25(2)3)15-6-4-5-7-17(15)22/h4-10,19,24H,11-12H2,1-3H3/t19-/m1/s1. The highest BCUT2D eigenvalue weighted by Gasteiger charge is 2.17. The van der Waals surface area contributed by atoms with Gasteiger partial charge in [0.25, 0.3) is 0 Å². The molecule has 6 heteroatoms. The summed E-state index contributed by atoms with van der Waals surface area (Å²) >= 11 is 12.6. The summed E-state index contributed by atoms with van der Waals surface area (Å²) in [6, 6.07) is 13.1. The summed E-state index contributed by atoms with van der Waals surface area (Å²) in [5.41, 5.74) is 2.99. The molecule has 0 aliphatic rings. The fourth-order valence-electron chi connectivity index (χ4n) is 3.15. The van der Waals surface area contributed by atoms with Crippen LogP contribution in [0.25, 0.3) is 11.0 Å². The van der Waals surface area contributed by atoms with Gasteiger partial charge < -0.3 is 14.6 Å². The van der Waals surface area contributed by atoms with Crippen molar-refractivity contribution in [3.8, 4) is 0 Å². The Hall–Kier alpha value is -1.85. The minimum absolute atomic E-state index is 0.107. The third-order valence-electron chi connectivity index (χ3n) is 4.65. The van der Waals surface area contributed by atoms with E-state index in [0.29, 0.717) is 23.7 Å². The second kappa shape index (κ2) is 8.44. The number of benzene rings is 2. The molecular formula is C21H22Cl2N2O2. The van der Waals surface area contributed by atoms with Crippen LogP contribution in [0, 0.1) is 6.92 Å². The molecule has 142 valence electrons. The van der Waals surface area contributed by atoms with Crippen LogP contribution >= 0.6 is 23.2 Å². The SMILES string of the molecule is Cc1cc2oc(=O)cc(CNC[C@H](c3ccccc3Cl)N(C)C)c2cc1Cl. The maximum Gasteiger partial charge on any atom is 0.336 e. The van der Waals surface area contributed by atoms with E-state index in [2.05, 4.69) is 10.2 Å². The predicted octanol–water partition coefficient (Wildman–Crippen LogP) is 4.80. The number of nitrogens with one attached hydrogen (secondary N) is 1. The molecule has 3 rings (SSSR count). The lowest BCUT2D eigenvalue weighted by Crippen LogP contribution is -2.31. The Labute approximate surface area is 168 Å². The molecule has 0 saturated heterocycles. The number of fused-ring (bicyclic) bond motifs is 1. The molecule has 3 aromatic rings. The van der Waals surface area contributed by atoms with Gasteiger partial charge in [-0.2, -0.15) is 0 Å². The molecular weight excluding hydrogens is 383 g/mol. The van der Waals surface area contributed by atoms with E-state index in [1.165, 1.54) is 6.07 Å². The third-order valence-corrected chi connectivity index (χ3v) is 5.40. The lowest BCUT2D eigenvalue weighted by Gasteiger charge is -2.26. The van der Waals surface area contributed by atoms with Gasteiger partial charge in [0.1, 0.15) is 5.58 Å². The second-order valence-corrected chi connectivity index (χ2v) is 7.63. The van der Waals surface area contributed by atoms with Gasteiger partial charge in [-0.05, 0) is 55.9 Å². The molecule has 0 amide bonds.